The molecule has 0 heterocycles. The van der Waals surface area contributed by atoms with Crippen LogP contribution in [-0.4, -0.2) is 24.4 Å². The molecule has 0 unspecified atom stereocenters. The van der Waals surface area contributed by atoms with Gasteiger partial charge in [-0.15, -0.1) is 0 Å². The Balaban J connectivity index is 2.16. The number of nitrogen functional groups attached to an aromatic ring is 1. The van der Waals surface area contributed by atoms with Gasteiger partial charge in [0, 0.05) is 19.3 Å². The lowest BCUT2D eigenvalue weighted by molar-refractivity contribution is -0.133. The molecular weight excluding hydrogens is 224 g/mol. The van der Waals surface area contributed by atoms with E-state index in [1.54, 1.807) is 0 Å². The van der Waals surface area contributed by atoms with Crippen LogP contribution in [0, 0.1) is 5.92 Å². The number of benzene rings is 1. The van der Waals surface area contributed by atoms with Crippen LogP contribution in [0.25, 0.3) is 0 Å². The van der Waals surface area contributed by atoms with Crippen molar-refractivity contribution in [2.75, 3.05) is 19.3 Å². The van der Waals surface area contributed by atoms with Gasteiger partial charge in [-0.05, 0) is 36.5 Å². The number of likely N-dealkylation sites (N-methyl/N-ethyl adjacent to an activating group) is 1. The molecule has 0 radical (unpaired) electrons. The van der Waals surface area contributed by atoms with Crippen LogP contribution in [0.4, 0.5) is 5.69 Å². The molecule has 2 rings (SSSR count). The molecule has 1 saturated carbocycles. The Morgan fingerprint density at radius 2 is 1.89 bits per heavy atom. The van der Waals surface area contributed by atoms with Crippen molar-refractivity contribution in [2.45, 2.75) is 32.1 Å². The van der Waals surface area contributed by atoms with Crippen LogP contribution in [0.3, 0.4) is 0 Å². The maximum absolute atomic E-state index is 12.5. The molecule has 1 amide bonds. The largest absolute Gasteiger partial charge is 0.399 e. The first kappa shape index (κ1) is 12.9. The van der Waals surface area contributed by atoms with Crippen LogP contribution in [0.5, 0.6) is 0 Å². The van der Waals surface area contributed by atoms with E-state index in [1.165, 1.54) is 0 Å². The number of rotatable bonds is 4. The third-order valence-electron chi connectivity index (χ3n) is 3.61. The van der Waals surface area contributed by atoms with Gasteiger partial charge in [0.15, 0.2) is 0 Å². The fraction of sp³-hybridized carbons (Fsp3) is 0.533. The first-order valence-corrected chi connectivity index (χ1v) is 6.57. The molecule has 1 fully saturated rings. The van der Waals surface area contributed by atoms with E-state index in [9.17, 15) is 4.79 Å². The molecule has 2 N–H and O–H groups in total. The highest BCUT2D eigenvalue weighted by atomic mass is 16.2. The third-order valence-corrected chi connectivity index (χ3v) is 3.61. The maximum atomic E-state index is 12.5. The van der Waals surface area contributed by atoms with E-state index < -0.39 is 0 Å². The quantitative estimate of drug-likeness (QED) is 0.829. The summed E-state index contributed by atoms with van der Waals surface area (Å²) in [6, 6.07) is 7.74. The number of anilines is 1. The molecule has 1 aromatic carbocycles. The molecule has 0 bridgehead atoms. The zero-order valence-corrected chi connectivity index (χ0v) is 11.4. The minimum Gasteiger partial charge on any atom is -0.399 e. The standard InChI is InChI=1S/C15H22N2O/c1-11(2)10-17(3)14(18)15(8-9-15)12-4-6-13(16)7-5-12/h4-7,11H,8-10,16H2,1-3H3. The molecule has 3 heteroatoms. The molecule has 0 aliphatic heterocycles. The number of nitrogens with zero attached hydrogens (tertiary/aromatic N) is 1. The van der Waals surface area contributed by atoms with Gasteiger partial charge < -0.3 is 10.6 Å². The average molecular weight is 246 g/mol. The second-order valence-corrected chi connectivity index (χ2v) is 5.78. The van der Waals surface area contributed by atoms with Crippen molar-refractivity contribution >= 4 is 11.6 Å². The van der Waals surface area contributed by atoms with Crippen LogP contribution in [0.1, 0.15) is 32.3 Å². The second-order valence-electron chi connectivity index (χ2n) is 5.78. The number of carbonyl (C=O) groups is 1. The molecule has 1 aliphatic rings. The lowest BCUT2D eigenvalue weighted by atomic mass is 9.94. The normalized spacial score (nSPS) is 16.7. The highest BCUT2D eigenvalue weighted by Crippen LogP contribution is 2.49. The zero-order chi connectivity index (χ0) is 13.3. The summed E-state index contributed by atoms with van der Waals surface area (Å²) >= 11 is 0. The van der Waals surface area contributed by atoms with Gasteiger partial charge in [0.1, 0.15) is 0 Å². The summed E-state index contributed by atoms with van der Waals surface area (Å²) in [5, 5.41) is 0. The maximum Gasteiger partial charge on any atom is 0.232 e. The van der Waals surface area contributed by atoms with E-state index in [0.717, 1.165) is 30.6 Å². The average Bonchev–Trinajstić information content (AvgIpc) is 3.09. The number of amides is 1. The second kappa shape index (κ2) is 4.63. The molecule has 0 saturated heterocycles. The minimum absolute atomic E-state index is 0.251. The predicted molar refractivity (Wildman–Crippen MR) is 74.2 cm³/mol. The van der Waals surface area contributed by atoms with Gasteiger partial charge in [-0.2, -0.15) is 0 Å². The zero-order valence-electron chi connectivity index (χ0n) is 11.4. The molecule has 1 aliphatic carbocycles. The molecule has 0 spiro atoms. The van der Waals surface area contributed by atoms with Crippen molar-refractivity contribution in [3.63, 3.8) is 0 Å². The molecular formula is C15H22N2O. The molecule has 0 atom stereocenters. The smallest absolute Gasteiger partial charge is 0.232 e. The van der Waals surface area contributed by atoms with Crippen molar-refractivity contribution in [1.82, 2.24) is 4.90 Å². The van der Waals surface area contributed by atoms with Gasteiger partial charge >= 0.3 is 0 Å². The molecule has 0 aromatic heterocycles. The summed E-state index contributed by atoms with van der Waals surface area (Å²) in [7, 11) is 1.90. The van der Waals surface area contributed by atoms with Gasteiger partial charge in [-0.3, -0.25) is 4.79 Å². The number of hydrogen-bond acceptors (Lipinski definition) is 2. The summed E-state index contributed by atoms with van der Waals surface area (Å²) in [4.78, 5) is 14.4. The van der Waals surface area contributed by atoms with Crippen LogP contribution < -0.4 is 5.73 Å². The Bertz CT molecular complexity index is 432. The molecule has 3 nitrogen and oxygen atoms in total. The van der Waals surface area contributed by atoms with E-state index in [-0.39, 0.29) is 11.3 Å². The predicted octanol–water partition coefficient (Wildman–Crippen LogP) is 2.41. The lowest BCUT2D eigenvalue weighted by Crippen LogP contribution is -2.38. The molecule has 98 valence electrons. The Labute approximate surface area is 109 Å². The van der Waals surface area contributed by atoms with E-state index >= 15 is 0 Å². The van der Waals surface area contributed by atoms with Gasteiger partial charge in [0.05, 0.1) is 5.41 Å². The summed E-state index contributed by atoms with van der Waals surface area (Å²) in [5.41, 5.74) is 7.29. The summed E-state index contributed by atoms with van der Waals surface area (Å²) < 4.78 is 0. The van der Waals surface area contributed by atoms with Gasteiger partial charge in [0.25, 0.3) is 0 Å². The van der Waals surface area contributed by atoms with E-state index in [0.29, 0.717) is 5.92 Å². The van der Waals surface area contributed by atoms with E-state index in [2.05, 4.69) is 13.8 Å². The minimum atomic E-state index is -0.267. The Kier molecular flexibility index (Phi) is 3.33. The third kappa shape index (κ3) is 2.35. The number of hydrogen-bond donors (Lipinski definition) is 1. The van der Waals surface area contributed by atoms with E-state index in [1.807, 2.05) is 36.2 Å². The summed E-state index contributed by atoms with van der Waals surface area (Å²) in [6.07, 6.45) is 1.91. The Morgan fingerprint density at radius 3 is 2.33 bits per heavy atom. The molecule has 1 aromatic rings. The van der Waals surface area contributed by atoms with Crippen molar-refractivity contribution in [3.8, 4) is 0 Å². The van der Waals surface area contributed by atoms with Crippen LogP contribution >= 0.6 is 0 Å². The van der Waals surface area contributed by atoms with E-state index in [4.69, 9.17) is 5.73 Å². The molecule has 18 heavy (non-hydrogen) atoms. The summed E-state index contributed by atoms with van der Waals surface area (Å²) in [6.45, 7) is 5.08. The van der Waals surface area contributed by atoms with Crippen LogP contribution in [-0.2, 0) is 10.2 Å². The van der Waals surface area contributed by atoms with Crippen molar-refractivity contribution in [2.24, 2.45) is 5.92 Å². The summed E-state index contributed by atoms with van der Waals surface area (Å²) in [5.74, 6) is 0.752. The highest BCUT2D eigenvalue weighted by Gasteiger charge is 2.52. The van der Waals surface area contributed by atoms with Gasteiger partial charge in [-0.25, -0.2) is 0 Å². The lowest BCUT2D eigenvalue weighted by Gasteiger charge is -2.25. The topological polar surface area (TPSA) is 46.3 Å². The first-order valence-electron chi connectivity index (χ1n) is 6.57. The Hall–Kier alpha value is -1.51. The van der Waals surface area contributed by atoms with Crippen molar-refractivity contribution in [3.05, 3.63) is 29.8 Å². The monoisotopic (exact) mass is 246 g/mol. The van der Waals surface area contributed by atoms with Crippen molar-refractivity contribution in [1.29, 1.82) is 0 Å². The number of nitrogens with two attached hydrogens (primary N) is 1. The van der Waals surface area contributed by atoms with Crippen LogP contribution in [0.2, 0.25) is 0 Å². The van der Waals surface area contributed by atoms with Gasteiger partial charge in [-0.1, -0.05) is 26.0 Å². The van der Waals surface area contributed by atoms with Gasteiger partial charge in [0.2, 0.25) is 5.91 Å². The highest BCUT2D eigenvalue weighted by molar-refractivity contribution is 5.91. The fourth-order valence-electron chi connectivity index (χ4n) is 2.55. The SMILES string of the molecule is CC(C)CN(C)C(=O)C1(c2ccc(N)cc2)CC1. The van der Waals surface area contributed by atoms with Crippen molar-refractivity contribution < 1.29 is 4.79 Å². The van der Waals surface area contributed by atoms with Crippen LogP contribution in [0.15, 0.2) is 24.3 Å². The Morgan fingerprint density at radius 1 is 1.33 bits per heavy atom. The first-order chi connectivity index (χ1) is 8.45. The fourth-order valence-corrected chi connectivity index (χ4v) is 2.55. The number of carbonyl (C=O) groups excluding carboxylic acids is 1.